The molecule has 21 heavy (non-hydrogen) atoms. The molecule has 0 saturated carbocycles. The molecule has 0 spiro atoms. The van der Waals surface area contributed by atoms with E-state index in [2.05, 4.69) is 31.3 Å². The number of nitro groups is 1. The first-order valence-corrected chi connectivity index (χ1v) is 7.89. The summed E-state index contributed by atoms with van der Waals surface area (Å²) in [5.74, 6) is 0.584. The Bertz CT molecular complexity index is 581. The molecular formula is C16H20N2O2S. The molecule has 1 unspecified atom stereocenters. The molecule has 0 bridgehead atoms. The van der Waals surface area contributed by atoms with Gasteiger partial charge < -0.3 is 5.32 Å². The van der Waals surface area contributed by atoms with Crippen LogP contribution in [0.15, 0.2) is 42.5 Å². The average Bonchev–Trinajstić information content (AvgIpc) is 2.93. The molecular weight excluding hydrogens is 284 g/mol. The van der Waals surface area contributed by atoms with Crippen molar-refractivity contribution in [2.75, 3.05) is 0 Å². The normalized spacial score (nSPS) is 12.5. The van der Waals surface area contributed by atoms with Crippen LogP contribution in [0.25, 0.3) is 0 Å². The van der Waals surface area contributed by atoms with E-state index in [0.717, 1.165) is 11.3 Å². The maximum Gasteiger partial charge on any atom is 0.324 e. The number of benzene rings is 1. The fourth-order valence-electron chi connectivity index (χ4n) is 2.28. The van der Waals surface area contributed by atoms with Gasteiger partial charge in [0.25, 0.3) is 0 Å². The van der Waals surface area contributed by atoms with Crippen molar-refractivity contribution in [1.82, 2.24) is 5.32 Å². The Morgan fingerprint density at radius 3 is 2.48 bits per heavy atom. The summed E-state index contributed by atoms with van der Waals surface area (Å²) in [6.45, 7) is 5.06. The molecule has 2 aromatic rings. The number of nitrogens with one attached hydrogen (secondary N) is 1. The lowest BCUT2D eigenvalue weighted by Crippen LogP contribution is -2.22. The van der Waals surface area contributed by atoms with Crippen LogP contribution in [0.3, 0.4) is 0 Å². The maximum absolute atomic E-state index is 10.7. The van der Waals surface area contributed by atoms with E-state index in [0.29, 0.717) is 12.5 Å². The van der Waals surface area contributed by atoms with Gasteiger partial charge in [0.05, 0.1) is 4.92 Å². The SMILES string of the molecule is CC(C)CC(NCc1ccc([N+](=O)[O-])s1)c1ccccc1. The van der Waals surface area contributed by atoms with Crippen LogP contribution in [-0.2, 0) is 6.54 Å². The molecule has 1 aromatic heterocycles. The Morgan fingerprint density at radius 1 is 1.19 bits per heavy atom. The Morgan fingerprint density at radius 2 is 1.90 bits per heavy atom. The fourth-order valence-corrected chi connectivity index (χ4v) is 3.05. The minimum Gasteiger partial charge on any atom is -0.305 e. The molecule has 2 rings (SSSR count). The summed E-state index contributed by atoms with van der Waals surface area (Å²) in [6, 6.07) is 14.0. The summed E-state index contributed by atoms with van der Waals surface area (Å²) in [4.78, 5) is 11.4. The molecule has 1 atom stereocenters. The average molecular weight is 304 g/mol. The molecule has 0 fully saturated rings. The zero-order valence-electron chi connectivity index (χ0n) is 12.3. The third kappa shape index (κ3) is 4.65. The highest BCUT2D eigenvalue weighted by Gasteiger charge is 2.14. The standard InChI is InChI=1S/C16H20N2O2S/c1-12(2)10-15(13-6-4-3-5-7-13)17-11-14-8-9-16(21-14)18(19)20/h3-9,12,15,17H,10-11H2,1-2H3. The van der Waals surface area contributed by atoms with Gasteiger partial charge in [0.2, 0.25) is 0 Å². The second-order valence-electron chi connectivity index (χ2n) is 5.47. The molecule has 4 nitrogen and oxygen atoms in total. The summed E-state index contributed by atoms with van der Waals surface area (Å²) in [5.41, 5.74) is 1.26. The minimum absolute atomic E-state index is 0.201. The van der Waals surface area contributed by atoms with E-state index in [9.17, 15) is 10.1 Å². The van der Waals surface area contributed by atoms with Crippen molar-refractivity contribution in [3.05, 3.63) is 63.0 Å². The summed E-state index contributed by atoms with van der Waals surface area (Å²) < 4.78 is 0. The van der Waals surface area contributed by atoms with E-state index >= 15 is 0 Å². The van der Waals surface area contributed by atoms with Gasteiger partial charge in [0.1, 0.15) is 0 Å². The lowest BCUT2D eigenvalue weighted by Gasteiger charge is -2.20. The van der Waals surface area contributed by atoms with E-state index in [4.69, 9.17) is 0 Å². The predicted molar refractivity (Wildman–Crippen MR) is 86.5 cm³/mol. The van der Waals surface area contributed by atoms with Crippen molar-refractivity contribution in [2.45, 2.75) is 32.9 Å². The van der Waals surface area contributed by atoms with Crippen LogP contribution in [-0.4, -0.2) is 4.92 Å². The summed E-state index contributed by atoms with van der Waals surface area (Å²) in [5, 5.41) is 14.4. The van der Waals surface area contributed by atoms with E-state index in [1.54, 1.807) is 6.07 Å². The number of nitrogens with zero attached hydrogens (tertiary/aromatic N) is 1. The van der Waals surface area contributed by atoms with Crippen molar-refractivity contribution in [1.29, 1.82) is 0 Å². The predicted octanol–water partition coefficient (Wildman–Crippen LogP) is 4.53. The Kier molecular flexibility index (Phi) is 5.47. The Labute approximate surface area is 129 Å². The van der Waals surface area contributed by atoms with E-state index in [1.807, 2.05) is 24.3 Å². The molecule has 0 aliphatic heterocycles. The van der Waals surface area contributed by atoms with Crippen molar-refractivity contribution in [3.8, 4) is 0 Å². The molecule has 0 aliphatic rings. The summed E-state index contributed by atoms with van der Waals surface area (Å²) >= 11 is 1.24. The zero-order valence-corrected chi connectivity index (χ0v) is 13.1. The fraction of sp³-hybridized carbons (Fsp3) is 0.375. The topological polar surface area (TPSA) is 55.2 Å². The smallest absolute Gasteiger partial charge is 0.305 e. The van der Waals surface area contributed by atoms with Gasteiger partial charge in [0, 0.05) is 23.5 Å². The summed E-state index contributed by atoms with van der Waals surface area (Å²) in [6.07, 6.45) is 1.04. The second-order valence-corrected chi connectivity index (χ2v) is 6.62. The monoisotopic (exact) mass is 304 g/mol. The maximum atomic E-state index is 10.7. The molecule has 0 radical (unpaired) electrons. The molecule has 112 valence electrons. The molecule has 0 amide bonds. The molecule has 1 aromatic carbocycles. The third-order valence-electron chi connectivity index (χ3n) is 3.26. The van der Waals surface area contributed by atoms with Gasteiger partial charge in [-0.05, 0) is 24.0 Å². The van der Waals surface area contributed by atoms with Gasteiger partial charge in [-0.1, -0.05) is 55.5 Å². The van der Waals surface area contributed by atoms with Crippen molar-refractivity contribution >= 4 is 16.3 Å². The van der Waals surface area contributed by atoms with Crippen molar-refractivity contribution in [3.63, 3.8) is 0 Å². The first-order valence-electron chi connectivity index (χ1n) is 7.07. The van der Waals surface area contributed by atoms with Crippen LogP contribution >= 0.6 is 11.3 Å². The van der Waals surface area contributed by atoms with Gasteiger partial charge >= 0.3 is 5.00 Å². The number of rotatable bonds is 7. The van der Waals surface area contributed by atoms with Crippen molar-refractivity contribution < 1.29 is 4.92 Å². The highest BCUT2D eigenvalue weighted by molar-refractivity contribution is 7.15. The number of hydrogen-bond donors (Lipinski definition) is 1. The van der Waals surface area contributed by atoms with Gasteiger partial charge in [-0.2, -0.15) is 0 Å². The third-order valence-corrected chi connectivity index (χ3v) is 4.30. The highest BCUT2D eigenvalue weighted by Crippen LogP contribution is 2.26. The first-order chi connectivity index (χ1) is 10.1. The quantitative estimate of drug-likeness (QED) is 0.604. The van der Waals surface area contributed by atoms with Crippen LogP contribution in [0.4, 0.5) is 5.00 Å². The molecule has 1 N–H and O–H groups in total. The molecule has 1 heterocycles. The van der Waals surface area contributed by atoms with Crippen LogP contribution in [0.5, 0.6) is 0 Å². The van der Waals surface area contributed by atoms with Gasteiger partial charge in [-0.25, -0.2) is 0 Å². The number of hydrogen-bond acceptors (Lipinski definition) is 4. The second kappa shape index (κ2) is 7.33. The Hall–Kier alpha value is -1.72. The van der Waals surface area contributed by atoms with E-state index in [-0.39, 0.29) is 16.0 Å². The largest absolute Gasteiger partial charge is 0.324 e. The van der Waals surface area contributed by atoms with E-state index in [1.165, 1.54) is 16.9 Å². The Balaban J connectivity index is 2.03. The van der Waals surface area contributed by atoms with Crippen LogP contribution in [0.1, 0.15) is 36.8 Å². The van der Waals surface area contributed by atoms with Crippen LogP contribution < -0.4 is 5.32 Å². The highest BCUT2D eigenvalue weighted by atomic mass is 32.1. The van der Waals surface area contributed by atoms with Gasteiger partial charge in [-0.15, -0.1) is 0 Å². The van der Waals surface area contributed by atoms with Gasteiger partial charge in [0.15, 0.2) is 0 Å². The van der Waals surface area contributed by atoms with Crippen molar-refractivity contribution in [2.24, 2.45) is 5.92 Å². The van der Waals surface area contributed by atoms with Crippen LogP contribution in [0.2, 0.25) is 0 Å². The lowest BCUT2D eigenvalue weighted by molar-refractivity contribution is -0.380. The molecule has 0 aliphatic carbocycles. The first kappa shape index (κ1) is 15.7. The summed E-state index contributed by atoms with van der Waals surface area (Å²) in [7, 11) is 0. The minimum atomic E-state index is -0.336. The molecule has 5 heteroatoms. The van der Waals surface area contributed by atoms with Gasteiger partial charge in [-0.3, -0.25) is 10.1 Å². The lowest BCUT2D eigenvalue weighted by atomic mass is 9.97. The molecule has 0 saturated heterocycles. The number of thiophene rings is 1. The zero-order chi connectivity index (χ0) is 15.2. The van der Waals surface area contributed by atoms with Crippen LogP contribution in [0, 0.1) is 16.0 Å². The van der Waals surface area contributed by atoms with E-state index < -0.39 is 0 Å².